The molecule has 0 unspecified atom stereocenters. The zero-order chi connectivity index (χ0) is 28.7. The lowest BCUT2D eigenvalue weighted by atomic mass is 9.43. The molecule has 6 N–H and O–H groups in total. The van der Waals surface area contributed by atoms with E-state index < -0.39 is 88.1 Å². The van der Waals surface area contributed by atoms with Crippen LogP contribution in [0.5, 0.6) is 0 Å². The van der Waals surface area contributed by atoms with Crippen molar-refractivity contribution >= 4 is 17.7 Å². The van der Waals surface area contributed by atoms with Gasteiger partial charge in [-0.3, -0.25) is 9.59 Å². The summed E-state index contributed by atoms with van der Waals surface area (Å²) in [6.45, 7) is 10.8. The van der Waals surface area contributed by atoms with Gasteiger partial charge in [0.2, 0.25) is 5.91 Å². The summed E-state index contributed by atoms with van der Waals surface area (Å²) in [5.41, 5.74) is -5.48. The number of hydrogen-bond donors (Lipinski definition) is 6. The maximum Gasteiger partial charge on any atom is 0.337 e. The molecule has 11 atom stereocenters. The van der Waals surface area contributed by atoms with Crippen LogP contribution in [0.1, 0.15) is 61.3 Å². The maximum absolute atomic E-state index is 14.0. The van der Waals surface area contributed by atoms with Gasteiger partial charge in [-0.05, 0) is 37.8 Å². The number of rotatable bonds is 4. The van der Waals surface area contributed by atoms with Gasteiger partial charge in [0.15, 0.2) is 11.9 Å². The molecule has 1 heterocycles. The molecule has 0 aromatic rings. The third kappa shape index (κ3) is 3.73. The minimum Gasteiger partial charge on any atom is -0.456 e. The first-order chi connectivity index (χ1) is 17.4. The minimum atomic E-state index is -1.75. The van der Waals surface area contributed by atoms with Gasteiger partial charge in [-0.25, -0.2) is 4.79 Å². The lowest BCUT2D eigenvalue weighted by molar-refractivity contribution is -0.335. The van der Waals surface area contributed by atoms with Crippen molar-refractivity contribution in [1.29, 1.82) is 0 Å². The average Bonchev–Trinajstić information content (AvgIpc) is 2.81. The number of amides is 1. The van der Waals surface area contributed by atoms with Crippen LogP contribution < -0.4 is 5.32 Å². The smallest absolute Gasteiger partial charge is 0.337 e. The Hall–Kier alpha value is -1.89. The van der Waals surface area contributed by atoms with Gasteiger partial charge in [0.05, 0.1) is 35.9 Å². The van der Waals surface area contributed by atoms with Gasteiger partial charge >= 0.3 is 5.97 Å². The molecule has 2 bridgehead atoms. The summed E-state index contributed by atoms with van der Waals surface area (Å²) < 4.78 is 11.2. The normalized spacial score (nSPS) is 45.4. The summed E-state index contributed by atoms with van der Waals surface area (Å²) in [6.07, 6.45) is -6.65. The Bertz CT molecular complexity index is 1070. The topological polar surface area (TPSA) is 183 Å². The Kier molecular flexibility index (Phi) is 6.95. The van der Waals surface area contributed by atoms with Crippen LogP contribution in [-0.4, -0.2) is 97.6 Å². The summed E-state index contributed by atoms with van der Waals surface area (Å²) in [7, 11) is 0. The van der Waals surface area contributed by atoms with Crippen LogP contribution in [-0.2, 0) is 23.9 Å². The van der Waals surface area contributed by atoms with Crippen LogP contribution in [0.15, 0.2) is 11.1 Å². The van der Waals surface area contributed by atoms with E-state index in [-0.39, 0.29) is 25.0 Å². The highest BCUT2D eigenvalue weighted by Gasteiger charge is 2.74. The molecule has 0 radical (unpaired) electrons. The molecule has 2 saturated carbocycles. The first-order valence-corrected chi connectivity index (χ1v) is 13.2. The van der Waals surface area contributed by atoms with Crippen LogP contribution in [0.4, 0.5) is 0 Å². The molecule has 11 nitrogen and oxygen atoms in total. The summed E-state index contributed by atoms with van der Waals surface area (Å²) >= 11 is 0. The SMILES string of the molecule is CC(=O)N[C@@H](C)[C@@H](O)C(=O)O[C@H]1C[C@@]2(O)[C@@H](C)[C@@H]3[C@]4(O)CO[C@@H]4C[C@H](O)[C@@]3(C)C(=O)[C@H](O)C(=C1C)C2(C)C. The number of ketones is 1. The van der Waals surface area contributed by atoms with Crippen molar-refractivity contribution in [1.82, 2.24) is 5.32 Å². The Labute approximate surface area is 222 Å². The third-order valence-corrected chi connectivity index (χ3v) is 10.3. The van der Waals surface area contributed by atoms with Gasteiger partial charge in [0.25, 0.3) is 0 Å². The predicted molar refractivity (Wildman–Crippen MR) is 132 cm³/mol. The maximum atomic E-state index is 14.0. The first-order valence-electron chi connectivity index (χ1n) is 13.2. The second kappa shape index (κ2) is 9.07. The monoisotopic (exact) mass is 539 g/mol. The Morgan fingerprint density at radius 2 is 1.79 bits per heavy atom. The fourth-order valence-corrected chi connectivity index (χ4v) is 7.93. The molecule has 1 saturated heterocycles. The number of Topliss-reactive ketones (excluding diaryl/α,β-unsaturated/α-hetero) is 1. The number of ether oxygens (including phenoxy) is 2. The summed E-state index contributed by atoms with van der Waals surface area (Å²) in [6, 6.07) is -0.943. The molecule has 0 aromatic heterocycles. The summed E-state index contributed by atoms with van der Waals surface area (Å²) in [5.74, 6) is -3.96. The molecule has 0 spiro atoms. The second-order valence-electron chi connectivity index (χ2n) is 12.6. The molecular formula is C27H41NO10. The standard InChI is InChI=1S/C27H41NO10/c1-11-15(38-23(34)19(31)13(3)28-14(4)29)9-27(36)12(2)21-25(7,16(30)8-17-26(21,35)10-37-17)22(33)20(32)18(11)24(27,5)6/h12-13,15-17,19-21,30-32,35-36H,8-10H2,1-7H3,(H,28,29)/t12-,13-,15-,16-,17+,19+,20+,21-,25+,26-,27+/m0/s1. The number of nitrogens with one attached hydrogen (secondary N) is 1. The van der Waals surface area contributed by atoms with E-state index in [2.05, 4.69) is 5.32 Å². The summed E-state index contributed by atoms with van der Waals surface area (Å²) in [4.78, 5) is 38.3. The first kappa shape index (κ1) is 29.1. The molecule has 3 fully saturated rings. The van der Waals surface area contributed by atoms with Crippen LogP contribution in [0, 0.1) is 22.7 Å². The van der Waals surface area contributed by atoms with Crippen LogP contribution in [0.3, 0.4) is 0 Å². The van der Waals surface area contributed by atoms with E-state index in [1.54, 1.807) is 27.7 Å². The lowest BCUT2D eigenvalue weighted by Gasteiger charge is -2.67. The van der Waals surface area contributed by atoms with Gasteiger partial charge in [-0.2, -0.15) is 0 Å². The lowest BCUT2D eigenvalue weighted by Crippen LogP contribution is -2.78. The van der Waals surface area contributed by atoms with Crippen LogP contribution in [0.2, 0.25) is 0 Å². The van der Waals surface area contributed by atoms with Crippen molar-refractivity contribution in [3.63, 3.8) is 0 Å². The third-order valence-electron chi connectivity index (χ3n) is 10.3. The van der Waals surface area contributed by atoms with E-state index in [0.717, 1.165) is 0 Å². The molecule has 11 heteroatoms. The number of esters is 1. The fraction of sp³-hybridized carbons (Fsp3) is 0.815. The molecule has 3 aliphatic carbocycles. The van der Waals surface area contributed by atoms with Gasteiger partial charge in [0, 0.05) is 31.1 Å². The van der Waals surface area contributed by atoms with E-state index in [1.165, 1.54) is 20.8 Å². The number of carbonyl (C=O) groups is 3. The largest absolute Gasteiger partial charge is 0.456 e. The van der Waals surface area contributed by atoms with Crippen molar-refractivity contribution in [2.75, 3.05) is 6.61 Å². The molecule has 4 aliphatic rings. The highest BCUT2D eigenvalue weighted by molar-refractivity contribution is 5.93. The Morgan fingerprint density at radius 1 is 1.18 bits per heavy atom. The van der Waals surface area contributed by atoms with E-state index >= 15 is 0 Å². The molecule has 4 rings (SSSR count). The number of carbonyl (C=O) groups excluding carboxylic acids is 3. The predicted octanol–water partition coefficient (Wildman–Crippen LogP) is -0.642. The Morgan fingerprint density at radius 3 is 2.32 bits per heavy atom. The quantitative estimate of drug-likeness (QED) is 0.198. The zero-order valence-corrected chi connectivity index (χ0v) is 23.0. The fourth-order valence-electron chi connectivity index (χ4n) is 7.93. The number of aliphatic hydroxyl groups is 5. The van der Waals surface area contributed by atoms with Crippen LogP contribution >= 0.6 is 0 Å². The summed E-state index contributed by atoms with van der Waals surface area (Å²) in [5, 5.41) is 59.7. The van der Waals surface area contributed by atoms with E-state index in [4.69, 9.17) is 9.47 Å². The highest BCUT2D eigenvalue weighted by atomic mass is 16.6. The number of fused-ring (bicyclic) bond motifs is 5. The average molecular weight is 540 g/mol. The van der Waals surface area contributed by atoms with Crippen molar-refractivity contribution in [3.05, 3.63) is 11.1 Å². The van der Waals surface area contributed by atoms with Crippen molar-refractivity contribution in [2.45, 2.75) is 109 Å². The number of hydrogen-bond acceptors (Lipinski definition) is 10. The Balaban J connectivity index is 1.82. The molecule has 1 amide bonds. The number of aliphatic hydroxyl groups excluding tert-OH is 3. The van der Waals surface area contributed by atoms with E-state index in [9.17, 15) is 39.9 Å². The minimum absolute atomic E-state index is 0.0130. The molecule has 1 aliphatic heterocycles. The zero-order valence-electron chi connectivity index (χ0n) is 23.0. The van der Waals surface area contributed by atoms with Crippen molar-refractivity contribution in [3.8, 4) is 0 Å². The van der Waals surface area contributed by atoms with Crippen molar-refractivity contribution in [2.24, 2.45) is 22.7 Å². The van der Waals surface area contributed by atoms with Gasteiger partial charge in [-0.15, -0.1) is 0 Å². The van der Waals surface area contributed by atoms with E-state index in [1.807, 2.05) is 0 Å². The van der Waals surface area contributed by atoms with E-state index in [0.29, 0.717) is 5.57 Å². The van der Waals surface area contributed by atoms with Gasteiger partial charge < -0.3 is 40.3 Å². The molecule has 0 aromatic carbocycles. The van der Waals surface area contributed by atoms with Gasteiger partial charge in [-0.1, -0.05) is 20.8 Å². The molecule has 214 valence electrons. The molecule has 38 heavy (non-hydrogen) atoms. The van der Waals surface area contributed by atoms with Crippen molar-refractivity contribution < 1.29 is 49.4 Å². The highest BCUT2D eigenvalue weighted by Crippen LogP contribution is 2.64. The van der Waals surface area contributed by atoms with Crippen LogP contribution in [0.25, 0.3) is 0 Å². The second-order valence-corrected chi connectivity index (χ2v) is 12.6. The molecular weight excluding hydrogens is 498 g/mol. The van der Waals surface area contributed by atoms with Gasteiger partial charge in [0.1, 0.15) is 17.8 Å².